The molecule has 33 heavy (non-hydrogen) atoms. The van der Waals surface area contributed by atoms with Crippen LogP contribution >= 0.6 is 23.2 Å². The number of benzene rings is 2. The summed E-state index contributed by atoms with van der Waals surface area (Å²) in [4.78, 5) is 18.0. The van der Waals surface area contributed by atoms with Crippen LogP contribution in [0, 0.1) is 5.92 Å². The van der Waals surface area contributed by atoms with Crippen molar-refractivity contribution >= 4 is 29.0 Å². The van der Waals surface area contributed by atoms with Gasteiger partial charge >= 0.3 is 0 Å². The van der Waals surface area contributed by atoms with E-state index in [9.17, 15) is 4.79 Å². The van der Waals surface area contributed by atoms with Crippen molar-refractivity contribution in [1.29, 1.82) is 0 Å². The molecule has 1 saturated carbocycles. The molecular formula is C25H29Cl2N5O. The Hall–Kier alpha value is -2.25. The van der Waals surface area contributed by atoms with Gasteiger partial charge in [0.05, 0.1) is 23.3 Å². The molecule has 0 bridgehead atoms. The molecule has 1 aromatic heterocycles. The average molecular weight is 486 g/mol. The summed E-state index contributed by atoms with van der Waals surface area (Å²) in [7, 11) is 6.10. The summed E-state index contributed by atoms with van der Waals surface area (Å²) in [6.07, 6.45) is 2.57. The van der Waals surface area contributed by atoms with E-state index in [4.69, 9.17) is 23.2 Å². The molecule has 0 amide bonds. The van der Waals surface area contributed by atoms with Gasteiger partial charge in [0.25, 0.3) is 0 Å². The molecule has 0 radical (unpaired) electrons. The van der Waals surface area contributed by atoms with E-state index in [1.807, 2.05) is 30.8 Å². The highest BCUT2D eigenvalue weighted by atomic mass is 35.5. The first kappa shape index (κ1) is 23.9. The van der Waals surface area contributed by atoms with Crippen molar-refractivity contribution in [3.8, 4) is 5.69 Å². The van der Waals surface area contributed by atoms with Crippen LogP contribution in [-0.2, 0) is 6.54 Å². The first-order valence-electron chi connectivity index (χ1n) is 11.1. The normalized spacial score (nSPS) is 14.8. The second-order valence-corrected chi connectivity index (χ2v) is 9.90. The zero-order chi connectivity index (χ0) is 23.7. The predicted octanol–water partition coefficient (Wildman–Crippen LogP) is 5.27. The number of halogens is 2. The van der Waals surface area contributed by atoms with Gasteiger partial charge in [-0.3, -0.25) is 19.2 Å². The predicted molar refractivity (Wildman–Crippen MR) is 132 cm³/mol. The van der Waals surface area contributed by atoms with Gasteiger partial charge in [0, 0.05) is 22.7 Å². The molecular weight excluding hydrogens is 457 g/mol. The van der Waals surface area contributed by atoms with Gasteiger partial charge in [-0.05, 0) is 77.2 Å². The van der Waals surface area contributed by atoms with Crippen LogP contribution in [0.5, 0.6) is 0 Å². The average Bonchev–Trinajstić information content (AvgIpc) is 3.50. The van der Waals surface area contributed by atoms with Crippen molar-refractivity contribution in [3.05, 3.63) is 75.3 Å². The molecule has 6 nitrogen and oxygen atoms in total. The largest absolute Gasteiger partial charge is 0.300 e. The molecule has 1 heterocycles. The van der Waals surface area contributed by atoms with Crippen molar-refractivity contribution in [2.45, 2.75) is 32.4 Å². The molecule has 0 N–H and O–H groups in total. The molecule has 2 aromatic carbocycles. The Kier molecular flexibility index (Phi) is 7.19. The Morgan fingerprint density at radius 3 is 2.48 bits per heavy atom. The van der Waals surface area contributed by atoms with Gasteiger partial charge in [-0.2, -0.15) is 0 Å². The van der Waals surface area contributed by atoms with E-state index in [0.29, 0.717) is 33.4 Å². The first-order valence-corrected chi connectivity index (χ1v) is 11.9. The summed E-state index contributed by atoms with van der Waals surface area (Å²) in [5.74, 6) is 2.13. The van der Waals surface area contributed by atoms with Gasteiger partial charge in [0.1, 0.15) is 0 Å². The van der Waals surface area contributed by atoms with E-state index in [0.717, 1.165) is 24.1 Å². The molecule has 174 valence electrons. The third-order valence-electron chi connectivity index (χ3n) is 6.14. The molecule has 1 aliphatic carbocycles. The quantitative estimate of drug-likeness (QED) is 0.386. The summed E-state index contributed by atoms with van der Waals surface area (Å²) in [5.41, 5.74) is 1.60. The van der Waals surface area contributed by atoms with Crippen molar-refractivity contribution in [2.75, 3.05) is 27.7 Å². The smallest absolute Gasteiger partial charge is 0.196 e. The van der Waals surface area contributed by atoms with E-state index in [1.165, 1.54) is 12.8 Å². The first-order chi connectivity index (χ1) is 15.8. The fourth-order valence-electron chi connectivity index (χ4n) is 3.92. The minimum atomic E-state index is -0.187. The third-order valence-corrected chi connectivity index (χ3v) is 6.71. The third kappa shape index (κ3) is 5.30. The van der Waals surface area contributed by atoms with Crippen molar-refractivity contribution < 1.29 is 4.79 Å². The number of carbonyl (C=O) groups excluding carboxylic acids is 1. The molecule has 0 spiro atoms. The molecule has 1 fully saturated rings. The monoisotopic (exact) mass is 485 g/mol. The topological polar surface area (TPSA) is 54.3 Å². The van der Waals surface area contributed by atoms with Crippen LogP contribution in [0.1, 0.15) is 53.4 Å². The number of nitrogens with zero attached hydrogens (tertiary/aromatic N) is 5. The lowest BCUT2D eigenvalue weighted by Gasteiger charge is -2.23. The van der Waals surface area contributed by atoms with Gasteiger partial charge < -0.3 is 0 Å². The minimum Gasteiger partial charge on any atom is -0.300 e. The molecule has 3 aromatic rings. The molecule has 0 aliphatic heterocycles. The van der Waals surface area contributed by atoms with Gasteiger partial charge in [-0.1, -0.05) is 35.3 Å². The zero-order valence-corrected chi connectivity index (χ0v) is 20.9. The number of ketones is 1. The molecule has 4 rings (SSSR count). The van der Waals surface area contributed by atoms with Gasteiger partial charge in [-0.25, -0.2) is 0 Å². The van der Waals surface area contributed by atoms with Crippen LogP contribution in [0.15, 0.2) is 42.5 Å². The van der Waals surface area contributed by atoms with Crippen LogP contribution in [0.25, 0.3) is 5.69 Å². The maximum atomic E-state index is 13.6. The highest BCUT2D eigenvalue weighted by Gasteiger charge is 2.27. The fraction of sp³-hybridized carbons (Fsp3) is 0.400. The highest BCUT2D eigenvalue weighted by Crippen LogP contribution is 2.31. The van der Waals surface area contributed by atoms with E-state index < -0.39 is 0 Å². The maximum absolute atomic E-state index is 13.6. The molecule has 1 unspecified atom stereocenters. The van der Waals surface area contributed by atoms with E-state index in [1.54, 1.807) is 30.3 Å². The molecule has 0 saturated heterocycles. The Balaban J connectivity index is 1.84. The van der Waals surface area contributed by atoms with Crippen molar-refractivity contribution in [2.24, 2.45) is 5.92 Å². The van der Waals surface area contributed by atoms with E-state index >= 15 is 0 Å². The van der Waals surface area contributed by atoms with Gasteiger partial charge in [-0.15, -0.1) is 10.2 Å². The van der Waals surface area contributed by atoms with E-state index in [-0.39, 0.29) is 11.8 Å². The fourth-order valence-corrected chi connectivity index (χ4v) is 4.31. The summed E-state index contributed by atoms with van der Waals surface area (Å²) in [5, 5.41) is 9.99. The molecule has 1 atom stereocenters. The van der Waals surface area contributed by atoms with Gasteiger partial charge in [0.15, 0.2) is 17.4 Å². The molecule has 1 aliphatic rings. The van der Waals surface area contributed by atoms with Crippen molar-refractivity contribution in [1.82, 2.24) is 24.6 Å². The summed E-state index contributed by atoms with van der Waals surface area (Å²) in [6, 6.07) is 12.4. The van der Waals surface area contributed by atoms with Crippen LogP contribution in [-0.4, -0.2) is 58.0 Å². The number of aromatic nitrogens is 3. The SMILES string of the molecule is CC(c1nnc(CN(C)CC2CC2)n1-c1ccc(Cl)cc1C(=O)c1ccccc1Cl)N(C)C. The number of hydrogen-bond donors (Lipinski definition) is 0. The minimum absolute atomic E-state index is 0.0149. The lowest BCUT2D eigenvalue weighted by Crippen LogP contribution is -2.25. The lowest BCUT2D eigenvalue weighted by molar-refractivity contribution is 0.103. The second-order valence-electron chi connectivity index (χ2n) is 9.06. The molecule has 8 heteroatoms. The lowest BCUT2D eigenvalue weighted by atomic mass is 10.0. The van der Waals surface area contributed by atoms with E-state index in [2.05, 4.69) is 34.0 Å². The summed E-state index contributed by atoms with van der Waals surface area (Å²) in [6.45, 7) is 3.73. The standard InChI is InChI=1S/C25H29Cl2N5O/c1-16(30(2)3)25-29-28-23(15-31(4)14-17-9-10-17)32(25)22-12-11-18(26)13-20(22)24(33)19-7-5-6-8-21(19)27/h5-8,11-13,16-17H,9-10,14-15H2,1-4H3. The number of carbonyl (C=O) groups is 1. The van der Waals surface area contributed by atoms with Crippen LogP contribution in [0.2, 0.25) is 10.0 Å². The Morgan fingerprint density at radius 2 is 1.82 bits per heavy atom. The Bertz CT molecular complexity index is 1160. The Morgan fingerprint density at radius 1 is 1.09 bits per heavy atom. The van der Waals surface area contributed by atoms with Crippen LogP contribution in [0.4, 0.5) is 0 Å². The number of hydrogen-bond acceptors (Lipinski definition) is 5. The van der Waals surface area contributed by atoms with Crippen LogP contribution in [0.3, 0.4) is 0 Å². The zero-order valence-electron chi connectivity index (χ0n) is 19.4. The van der Waals surface area contributed by atoms with Gasteiger partial charge in [0.2, 0.25) is 0 Å². The van der Waals surface area contributed by atoms with Crippen molar-refractivity contribution in [3.63, 3.8) is 0 Å². The highest BCUT2D eigenvalue weighted by molar-refractivity contribution is 6.35. The maximum Gasteiger partial charge on any atom is 0.196 e. The number of rotatable bonds is 9. The van der Waals surface area contributed by atoms with Crippen LogP contribution < -0.4 is 0 Å². The summed E-state index contributed by atoms with van der Waals surface area (Å²) >= 11 is 12.7. The summed E-state index contributed by atoms with van der Waals surface area (Å²) < 4.78 is 2.01. The Labute approximate surface area is 205 Å². The second kappa shape index (κ2) is 9.94.